The standard InChI is InChI=1S/C18H17BrN4O4/c19-16-8-2-1-7-15(16)18(25)20-10-4-9-17(24)22-21-12-13-5-3-6-14(11-13)23(26)27/h1-3,5-8,11-12H,4,9-10H2,(H,20,25)(H,22,24)/b21-12+. The van der Waals surface area contributed by atoms with E-state index in [0.717, 1.165) is 0 Å². The van der Waals surface area contributed by atoms with Gasteiger partial charge in [0.15, 0.2) is 0 Å². The van der Waals surface area contributed by atoms with Crippen molar-refractivity contribution in [3.63, 3.8) is 0 Å². The first-order chi connectivity index (χ1) is 13.0. The van der Waals surface area contributed by atoms with Crippen LogP contribution in [0.15, 0.2) is 58.1 Å². The number of rotatable bonds is 8. The molecular weight excluding hydrogens is 416 g/mol. The molecule has 2 N–H and O–H groups in total. The fourth-order valence-electron chi connectivity index (χ4n) is 2.14. The molecule has 0 aliphatic carbocycles. The van der Waals surface area contributed by atoms with Crippen LogP contribution in [0.1, 0.15) is 28.8 Å². The number of nitro groups is 1. The number of halogens is 1. The summed E-state index contributed by atoms with van der Waals surface area (Å²) in [5.74, 6) is -0.529. The van der Waals surface area contributed by atoms with E-state index in [-0.39, 0.29) is 23.9 Å². The molecule has 2 aromatic carbocycles. The Morgan fingerprint density at radius 1 is 1.19 bits per heavy atom. The predicted molar refractivity (Wildman–Crippen MR) is 105 cm³/mol. The number of amides is 2. The number of non-ortho nitro benzene ring substituents is 1. The molecule has 8 nitrogen and oxygen atoms in total. The van der Waals surface area contributed by atoms with E-state index in [2.05, 4.69) is 31.8 Å². The van der Waals surface area contributed by atoms with E-state index in [0.29, 0.717) is 28.6 Å². The minimum Gasteiger partial charge on any atom is -0.352 e. The van der Waals surface area contributed by atoms with Gasteiger partial charge in [-0.1, -0.05) is 24.3 Å². The van der Waals surface area contributed by atoms with Crippen molar-refractivity contribution in [1.82, 2.24) is 10.7 Å². The molecule has 0 bridgehead atoms. The second-order valence-electron chi connectivity index (χ2n) is 5.48. The number of nitrogens with one attached hydrogen (secondary N) is 2. The maximum atomic E-state index is 12.0. The van der Waals surface area contributed by atoms with Gasteiger partial charge in [0.1, 0.15) is 0 Å². The summed E-state index contributed by atoms with van der Waals surface area (Å²) >= 11 is 3.31. The van der Waals surface area contributed by atoms with Gasteiger partial charge < -0.3 is 5.32 Å². The Bertz CT molecular complexity index is 870. The van der Waals surface area contributed by atoms with E-state index in [1.807, 2.05) is 6.07 Å². The quantitative estimate of drug-likeness (QED) is 0.288. The van der Waals surface area contributed by atoms with Crippen LogP contribution in [-0.4, -0.2) is 29.5 Å². The Kier molecular flexibility index (Phi) is 7.63. The molecular formula is C18H17BrN4O4. The third-order valence-electron chi connectivity index (χ3n) is 3.47. The molecule has 0 radical (unpaired) electrons. The zero-order valence-electron chi connectivity index (χ0n) is 14.2. The number of hydrogen-bond acceptors (Lipinski definition) is 5. The first kappa shape index (κ1) is 20.2. The van der Waals surface area contributed by atoms with Crippen LogP contribution in [0.2, 0.25) is 0 Å². The summed E-state index contributed by atoms with van der Waals surface area (Å²) in [6, 6.07) is 13.0. The summed E-state index contributed by atoms with van der Waals surface area (Å²) < 4.78 is 0.704. The monoisotopic (exact) mass is 432 g/mol. The molecule has 0 unspecified atom stereocenters. The van der Waals surface area contributed by atoms with Crippen molar-refractivity contribution in [2.75, 3.05) is 6.54 Å². The molecule has 2 amide bonds. The second-order valence-corrected chi connectivity index (χ2v) is 6.34. The highest BCUT2D eigenvalue weighted by Crippen LogP contribution is 2.15. The van der Waals surface area contributed by atoms with Crippen molar-refractivity contribution >= 4 is 39.6 Å². The first-order valence-corrected chi connectivity index (χ1v) is 8.86. The molecule has 0 aromatic heterocycles. The zero-order valence-corrected chi connectivity index (χ0v) is 15.8. The van der Waals surface area contributed by atoms with Crippen molar-refractivity contribution in [2.45, 2.75) is 12.8 Å². The average Bonchev–Trinajstić information content (AvgIpc) is 2.65. The lowest BCUT2D eigenvalue weighted by atomic mass is 10.2. The third-order valence-corrected chi connectivity index (χ3v) is 4.16. The molecule has 9 heteroatoms. The van der Waals surface area contributed by atoms with Gasteiger partial charge in [0, 0.05) is 35.1 Å². The van der Waals surface area contributed by atoms with Crippen molar-refractivity contribution in [1.29, 1.82) is 0 Å². The van der Waals surface area contributed by atoms with E-state index < -0.39 is 4.92 Å². The largest absolute Gasteiger partial charge is 0.352 e. The van der Waals surface area contributed by atoms with Crippen molar-refractivity contribution in [3.8, 4) is 0 Å². The Morgan fingerprint density at radius 2 is 1.96 bits per heavy atom. The maximum Gasteiger partial charge on any atom is 0.270 e. The Morgan fingerprint density at radius 3 is 2.70 bits per heavy atom. The van der Waals surface area contributed by atoms with E-state index in [4.69, 9.17) is 0 Å². The summed E-state index contributed by atoms with van der Waals surface area (Å²) in [4.78, 5) is 33.9. The van der Waals surface area contributed by atoms with Crippen LogP contribution in [0.5, 0.6) is 0 Å². The van der Waals surface area contributed by atoms with Gasteiger partial charge in [-0.3, -0.25) is 19.7 Å². The fourth-order valence-corrected chi connectivity index (χ4v) is 2.61. The number of nitrogens with zero attached hydrogens (tertiary/aromatic N) is 2. The fraction of sp³-hybridized carbons (Fsp3) is 0.167. The molecule has 0 saturated carbocycles. The summed E-state index contributed by atoms with van der Waals surface area (Å²) in [6.45, 7) is 0.349. The zero-order chi connectivity index (χ0) is 19.6. The van der Waals surface area contributed by atoms with Crippen LogP contribution in [0.3, 0.4) is 0 Å². The molecule has 0 aliphatic heterocycles. The summed E-state index contributed by atoms with van der Waals surface area (Å²) in [6.07, 6.45) is 1.97. The average molecular weight is 433 g/mol. The summed E-state index contributed by atoms with van der Waals surface area (Å²) in [7, 11) is 0. The summed E-state index contributed by atoms with van der Waals surface area (Å²) in [5.41, 5.74) is 3.34. The summed E-state index contributed by atoms with van der Waals surface area (Å²) in [5, 5.41) is 17.2. The lowest BCUT2D eigenvalue weighted by Gasteiger charge is -2.06. The number of nitro benzene ring substituents is 1. The van der Waals surface area contributed by atoms with Gasteiger partial charge in [-0.2, -0.15) is 5.10 Å². The van der Waals surface area contributed by atoms with Gasteiger partial charge in [0.05, 0.1) is 16.7 Å². The highest BCUT2D eigenvalue weighted by atomic mass is 79.9. The molecule has 0 fully saturated rings. The van der Waals surface area contributed by atoms with E-state index in [1.54, 1.807) is 24.3 Å². The molecule has 2 rings (SSSR count). The van der Waals surface area contributed by atoms with Crippen LogP contribution < -0.4 is 10.7 Å². The van der Waals surface area contributed by atoms with Crippen molar-refractivity contribution in [2.24, 2.45) is 5.10 Å². The Balaban J connectivity index is 1.70. The normalized spacial score (nSPS) is 10.6. The predicted octanol–water partition coefficient (Wildman–Crippen LogP) is 3.02. The van der Waals surface area contributed by atoms with Crippen LogP contribution in [0, 0.1) is 10.1 Å². The highest BCUT2D eigenvalue weighted by Gasteiger charge is 2.08. The smallest absolute Gasteiger partial charge is 0.270 e. The maximum absolute atomic E-state index is 12.0. The second kappa shape index (κ2) is 10.2. The van der Waals surface area contributed by atoms with E-state index in [9.17, 15) is 19.7 Å². The molecule has 0 aliphatic rings. The number of carbonyl (C=O) groups is 2. The lowest BCUT2D eigenvalue weighted by molar-refractivity contribution is -0.384. The Hall–Kier alpha value is -3.07. The molecule has 0 heterocycles. The topological polar surface area (TPSA) is 114 Å². The van der Waals surface area contributed by atoms with E-state index >= 15 is 0 Å². The number of hydrogen-bond donors (Lipinski definition) is 2. The third kappa shape index (κ3) is 6.63. The van der Waals surface area contributed by atoms with Gasteiger partial charge in [0.25, 0.3) is 11.6 Å². The minimum absolute atomic E-state index is 0.0499. The van der Waals surface area contributed by atoms with Gasteiger partial charge in [0.2, 0.25) is 5.91 Å². The molecule has 0 saturated heterocycles. The van der Waals surface area contributed by atoms with Crippen molar-refractivity contribution < 1.29 is 14.5 Å². The molecule has 140 valence electrons. The SMILES string of the molecule is O=C(CCCNC(=O)c1ccccc1Br)N/N=C/c1cccc([N+](=O)[O-])c1. The van der Waals surface area contributed by atoms with Crippen LogP contribution in [-0.2, 0) is 4.79 Å². The number of hydrazone groups is 1. The number of carbonyl (C=O) groups excluding carboxylic acids is 2. The molecule has 0 atom stereocenters. The van der Waals surface area contributed by atoms with Gasteiger partial charge in [-0.05, 0) is 34.5 Å². The lowest BCUT2D eigenvalue weighted by Crippen LogP contribution is -2.26. The molecule has 27 heavy (non-hydrogen) atoms. The van der Waals surface area contributed by atoms with E-state index in [1.165, 1.54) is 24.4 Å². The number of benzene rings is 2. The van der Waals surface area contributed by atoms with Gasteiger partial charge in [-0.25, -0.2) is 5.43 Å². The van der Waals surface area contributed by atoms with Gasteiger partial charge >= 0.3 is 0 Å². The molecule has 2 aromatic rings. The van der Waals surface area contributed by atoms with Crippen LogP contribution >= 0.6 is 15.9 Å². The first-order valence-electron chi connectivity index (χ1n) is 8.06. The Labute approximate surface area is 163 Å². The van der Waals surface area contributed by atoms with Gasteiger partial charge in [-0.15, -0.1) is 0 Å². The highest BCUT2D eigenvalue weighted by molar-refractivity contribution is 9.10. The minimum atomic E-state index is -0.502. The van der Waals surface area contributed by atoms with Crippen molar-refractivity contribution in [3.05, 3.63) is 74.2 Å². The van der Waals surface area contributed by atoms with Crippen LogP contribution in [0.25, 0.3) is 0 Å². The van der Waals surface area contributed by atoms with Crippen LogP contribution in [0.4, 0.5) is 5.69 Å². The molecule has 0 spiro atoms.